The van der Waals surface area contributed by atoms with E-state index in [-0.39, 0.29) is 37.7 Å². The summed E-state index contributed by atoms with van der Waals surface area (Å²) in [6.45, 7) is 1.48. The molecule has 0 aliphatic carbocycles. The third-order valence-corrected chi connectivity index (χ3v) is 3.93. The zero-order chi connectivity index (χ0) is 20.0. The Hall–Kier alpha value is -2.58. The fourth-order valence-electron chi connectivity index (χ4n) is 2.66. The fraction of sp³-hybridized carbons (Fsp3) is 0.316. The van der Waals surface area contributed by atoms with Crippen molar-refractivity contribution in [2.75, 3.05) is 36.5 Å². The Morgan fingerprint density at radius 2 is 1.74 bits per heavy atom. The molecule has 146 valence electrons. The molecule has 8 heteroatoms. The van der Waals surface area contributed by atoms with E-state index in [1.165, 1.54) is 11.0 Å². The van der Waals surface area contributed by atoms with Gasteiger partial charge in [-0.3, -0.25) is 4.79 Å². The maximum absolute atomic E-state index is 13.1. The quantitative estimate of drug-likeness (QED) is 0.688. The van der Waals surface area contributed by atoms with Gasteiger partial charge in [-0.05, 0) is 37.3 Å². The predicted octanol–water partition coefficient (Wildman–Crippen LogP) is 3.06. The summed E-state index contributed by atoms with van der Waals surface area (Å²) in [4.78, 5) is 14.0. The van der Waals surface area contributed by atoms with Gasteiger partial charge in [0.25, 0.3) is 5.91 Å². The van der Waals surface area contributed by atoms with E-state index in [1.54, 1.807) is 31.2 Å². The third-order valence-electron chi connectivity index (χ3n) is 3.93. The van der Waals surface area contributed by atoms with Crippen molar-refractivity contribution in [2.45, 2.75) is 13.1 Å². The number of hydrogen-bond acceptors (Lipinski definition) is 4. The van der Waals surface area contributed by atoms with E-state index in [0.717, 1.165) is 17.7 Å². The van der Waals surface area contributed by atoms with Crippen LogP contribution in [0.1, 0.15) is 21.5 Å². The number of halogens is 3. The standard InChI is InChI=1S/C19H21F3N2O3/c1-13-3-2-4-14(11-13)18(27)23-16-12-15(19(20,21)22)5-6-17(16)24(7-9-25)8-10-26/h2-6,11-12,25-26H,7-10H2,1H3,(H,23,27). The number of nitrogens with one attached hydrogen (secondary N) is 1. The van der Waals surface area contributed by atoms with Gasteiger partial charge in [-0.1, -0.05) is 17.7 Å². The average Bonchev–Trinajstić information content (AvgIpc) is 2.61. The molecule has 0 bridgehead atoms. The summed E-state index contributed by atoms with van der Waals surface area (Å²) in [5.41, 5.74) is 0.493. The molecule has 27 heavy (non-hydrogen) atoms. The molecule has 0 spiro atoms. The summed E-state index contributed by atoms with van der Waals surface area (Å²) in [5, 5.41) is 20.9. The smallest absolute Gasteiger partial charge is 0.395 e. The number of rotatable bonds is 7. The summed E-state index contributed by atoms with van der Waals surface area (Å²) in [6.07, 6.45) is -4.57. The lowest BCUT2D eigenvalue weighted by Gasteiger charge is -2.26. The SMILES string of the molecule is Cc1cccc(C(=O)Nc2cc(C(F)(F)F)ccc2N(CCO)CCO)c1. The normalized spacial score (nSPS) is 11.3. The topological polar surface area (TPSA) is 72.8 Å². The van der Waals surface area contributed by atoms with Crippen LogP contribution in [0.5, 0.6) is 0 Å². The van der Waals surface area contributed by atoms with Crippen molar-refractivity contribution in [2.24, 2.45) is 0 Å². The fourth-order valence-corrected chi connectivity index (χ4v) is 2.66. The minimum Gasteiger partial charge on any atom is -0.395 e. The van der Waals surface area contributed by atoms with Crippen molar-refractivity contribution >= 4 is 17.3 Å². The van der Waals surface area contributed by atoms with Gasteiger partial charge in [0.05, 0.1) is 30.2 Å². The molecule has 0 unspecified atom stereocenters. The Balaban J connectivity index is 2.44. The number of hydrogen-bond donors (Lipinski definition) is 3. The second kappa shape index (κ2) is 8.88. The molecule has 2 rings (SSSR count). The zero-order valence-corrected chi connectivity index (χ0v) is 14.8. The van der Waals surface area contributed by atoms with Crippen LogP contribution in [0, 0.1) is 6.92 Å². The molecule has 0 atom stereocenters. The summed E-state index contributed by atoms with van der Waals surface area (Å²) in [7, 11) is 0. The number of anilines is 2. The van der Waals surface area contributed by atoms with Gasteiger partial charge >= 0.3 is 6.18 Å². The Labute approximate surface area is 155 Å². The molecule has 0 radical (unpaired) electrons. The van der Waals surface area contributed by atoms with Crippen molar-refractivity contribution in [3.63, 3.8) is 0 Å². The van der Waals surface area contributed by atoms with E-state index in [2.05, 4.69) is 5.32 Å². The van der Waals surface area contributed by atoms with Crippen LogP contribution in [-0.2, 0) is 6.18 Å². The van der Waals surface area contributed by atoms with Gasteiger partial charge in [-0.2, -0.15) is 13.2 Å². The molecule has 0 heterocycles. The van der Waals surface area contributed by atoms with Crippen LogP contribution in [-0.4, -0.2) is 42.4 Å². The highest BCUT2D eigenvalue weighted by atomic mass is 19.4. The van der Waals surface area contributed by atoms with E-state index in [4.69, 9.17) is 0 Å². The van der Waals surface area contributed by atoms with Crippen LogP contribution in [0.3, 0.4) is 0 Å². The van der Waals surface area contributed by atoms with Gasteiger partial charge in [0.1, 0.15) is 0 Å². The second-order valence-electron chi connectivity index (χ2n) is 5.99. The summed E-state index contributed by atoms with van der Waals surface area (Å²) in [6, 6.07) is 9.65. The summed E-state index contributed by atoms with van der Waals surface area (Å²) >= 11 is 0. The van der Waals surface area contributed by atoms with E-state index in [1.807, 2.05) is 0 Å². The average molecular weight is 382 g/mol. The van der Waals surface area contributed by atoms with Gasteiger partial charge < -0.3 is 20.4 Å². The van der Waals surface area contributed by atoms with Crippen LogP contribution >= 0.6 is 0 Å². The molecule has 0 fully saturated rings. The first kappa shape index (κ1) is 20.7. The molecule has 0 aromatic heterocycles. The van der Waals surface area contributed by atoms with E-state index in [9.17, 15) is 28.2 Å². The first-order valence-corrected chi connectivity index (χ1v) is 8.32. The highest BCUT2D eigenvalue weighted by molar-refractivity contribution is 6.06. The molecular formula is C19H21F3N2O3. The molecule has 0 aliphatic heterocycles. The van der Waals surface area contributed by atoms with Crippen molar-refractivity contribution in [3.05, 3.63) is 59.2 Å². The molecule has 1 amide bonds. The Kier molecular flexibility index (Phi) is 6.81. The molecule has 2 aromatic carbocycles. The third kappa shape index (κ3) is 5.45. The number of nitrogens with zero attached hydrogens (tertiary/aromatic N) is 1. The van der Waals surface area contributed by atoms with E-state index >= 15 is 0 Å². The number of carbonyl (C=O) groups is 1. The lowest BCUT2D eigenvalue weighted by molar-refractivity contribution is -0.137. The first-order chi connectivity index (χ1) is 12.8. The predicted molar refractivity (Wildman–Crippen MR) is 97.0 cm³/mol. The number of alkyl halides is 3. The van der Waals surface area contributed by atoms with Gasteiger partial charge in [-0.15, -0.1) is 0 Å². The molecule has 0 aliphatic rings. The zero-order valence-electron chi connectivity index (χ0n) is 14.8. The molecule has 5 nitrogen and oxygen atoms in total. The van der Waals surface area contributed by atoms with Crippen LogP contribution in [0.15, 0.2) is 42.5 Å². The first-order valence-electron chi connectivity index (χ1n) is 8.32. The van der Waals surface area contributed by atoms with Crippen LogP contribution in [0.2, 0.25) is 0 Å². The Bertz CT molecular complexity index is 788. The van der Waals surface area contributed by atoms with Gasteiger partial charge in [0.15, 0.2) is 0 Å². The van der Waals surface area contributed by atoms with Gasteiger partial charge in [0.2, 0.25) is 0 Å². The lowest BCUT2D eigenvalue weighted by atomic mass is 10.1. The molecule has 3 N–H and O–H groups in total. The number of aryl methyl sites for hydroxylation is 1. The van der Waals surface area contributed by atoms with Crippen molar-refractivity contribution in [1.29, 1.82) is 0 Å². The van der Waals surface area contributed by atoms with Gasteiger partial charge in [-0.25, -0.2) is 0 Å². The number of benzene rings is 2. The number of amides is 1. The summed E-state index contributed by atoms with van der Waals surface area (Å²) < 4.78 is 39.3. The van der Waals surface area contributed by atoms with Crippen LogP contribution < -0.4 is 10.2 Å². The van der Waals surface area contributed by atoms with Crippen LogP contribution in [0.4, 0.5) is 24.5 Å². The molecule has 0 saturated carbocycles. The van der Waals surface area contributed by atoms with E-state index in [0.29, 0.717) is 5.56 Å². The summed E-state index contributed by atoms with van der Waals surface area (Å²) in [5.74, 6) is -0.549. The van der Waals surface area contributed by atoms with E-state index < -0.39 is 17.6 Å². The Morgan fingerprint density at radius 3 is 2.30 bits per heavy atom. The van der Waals surface area contributed by atoms with Crippen molar-refractivity contribution in [1.82, 2.24) is 0 Å². The van der Waals surface area contributed by atoms with Gasteiger partial charge in [0, 0.05) is 18.7 Å². The minimum absolute atomic E-state index is 0.0433. The number of carbonyl (C=O) groups excluding carboxylic acids is 1. The maximum Gasteiger partial charge on any atom is 0.416 e. The maximum atomic E-state index is 13.1. The Morgan fingerprint density at radius 1 is 1.07 bits per heavy atom. The molecular weight excluding hydrogens is 361 g/mol. The van der Waals surface area contributed by atoms with Crippen molar-refractivity contribution < 1.29 is 28.2 Å². The highest BCUT2D eigenvalue weighted by Crippen LogP contribution is 2.35. The highest BCUT2D eigenvalue weighted by Gasteiger charge is 2.31. The van der Waals surface area contributed by atoms with Crippen molar-refractivity contribution in [3.8, 4) is 0 Å². The number of aliphatic hydroxyl groups is 2. The molecule has 2 aromatic rings. The lowest BCUT2D eigenvalue weighted by Crippen LogP contribution is -2.31. The van der Waals surface area contributed by atoms with Crippen LogP contribution in [0.25, 0.3) is 0 Å². The minimum atomic E-state index is -4.57. The molecule has 0 saturated heterocycles. The monoisotopic (exact) mass is 382 g/mol. The largest absolute Gasteiger partial charge is 0.416 e. The number of aliphatic hydroxyl groups excluding tert-OH is 2. The second-order valence-corrected chi connectivity index (χ2v) is 5.99.